The number of nitrogens with one attached hydrogen (secondary N) is 2. The Kier molecular flexibility index (Phi) is 4.03. The number of nitrogens with zero attached hydrogens (tertiary/aromatic N) is 3. The van der Waals surface area contributed by atoms with Crippen LogP contribution >= 0.6 is 0 Å². The van der Waals surface area contributed by atoms with Gasteiger partial charge in [-0.2, -0.15) is 0 Å². The van der Waals surface area contributed by atoms with Gasteiger partial charge in [-0.3, -0.25) is 0 Å². The van der Waals surface area contributed by atoms with Crippen LogP contribution in [0.2, 0.25) is 0 Å². The summed E-state index contributed by atoms with van der Waals surface area (Å²) >= 11 is 0. The molecule has 0 radical (unpaired) electrons. The number of H-pyrrole nitrogens is 2. The van der Waals surface area contributed by atoms with Crippen LogP contribution in [0.1, 0.15) is 33.4 Å². The van der Waals surface area contributed by atoms with Crippen molar-refractivity contribution in [2.75, 3.05) is 0 Å². The number of hydrogen-bond acceptors (Lipinski definition) is 4. The zero-order valence-electron chi connectivity index (χ0n) is 13.6. The predicted molar refractivity (Wildman–Crippen MR) is 94.8 cm³/mol. The second-order valence-electron chi connectivity index (χ2n) is 5.82. The van der Waals surface area contributed by atoms with Crippen LogP contribution in [0.3, 0.4) is 0 Å². The first kappa shape index (κ1) is 15.8. The molecule has 0 bridgehead atoms. The highest BCUT2D eigenvalue weighted by molar-refractivity contribution is 5.88. The van der Waals surface area contributed by atoms with E-state index in [0.717, 1.165) is 16.7 Å². The van der Waals surface area contributed by atoms with Crippen LogP contribution in [0.4, 0.5) is 0 Å². The van der Waals surface area contributed by atoms with Crippen molar-refractivity contribution in [2.24, 2.45) is 0 Å². The number of aromatic carboxylic acids is 1. The number of carboxylic acids is 1. The Bertz CT molecular complexity index is 1010. The third-order valence-corrected chi connectivity index (χ3v) is 4.29. The molecule has 0 aliphatic heterocycles. The smallest absolute Gasteiger partial charge is 0.352 e. The van der Waals surface area contributed by atoms with Gasteiger partial charge < -0.3 is 10.1 Å². The van der Waals surface area contributed by atoms with E-state index >= 15 is 0 Å². The summed E-state index contributed by atoms with van der Waals surface area (Å²) in [6.45, 7) is 0. The molecular weight excluding hydrogens is 330 g/mol. The van der Waals surface area contributed by atoms with Gasteiger partial charge in [0.05, 0.1) is 5.92 Å². The molecular formula is C19H15N5O2. The lowest BCUT2D eigenvalue weighted by Gasteiger charge is -2.15. The van der Waals surface area contributed by atoms with E-state index in [-0.39, 0.29) is 5.69 Å². The fraction of sp³-hybridized carbons (Fsp3) is 0.0526. The molecule has 7 heteroatoms. The van der Waals surface area contributed by atoms with E-state index in [1.165, 1.54) is 0 Å². The van der Waals surface area contributed by atoms with Gasteiger partial charge in [-0.05, 0) is 38.7 Å². The van der Waals surface area contributed by atoms with Gasteiger partial charge in [0.15, 0.2) is 5.82 Å². The number of carbonyl (C=O) groups is 1. The largest absolute Gasteiger partial charge is 0.477 e. The molecule has 0 fully saturated rings. The van der Waals surface area contributed by atoms with Crippen molar-refractivity contribution in [1.29, 1.82) is 0 Å². The number of aromatic amines is 2. The number of aromatic nitrogens is 5. The summed E-state index contributed by atoms with van der Waals surface area (Å²) in [7, 11) is 0. The van der Waals surface area contributed by atoms with E-state index in [1.807, 2.05) is 54.6 Å². The van der Waals surface area contributed by atoms with Crippen LogP contribution in [0, 0.1) is 0 Å². The molecule has 0 spiro atoms. The molecule has 4 aromatic rings. The van der Waals surface area contributed by atoms with Gasteiger partial charge in [-0.1, -0.05) is 54.6 Å². The molecule has 0 aliphatic carbocycles. The number of rotatable bonds is 5. The van der Waals surface area contributed by atoms with E-state index < -0.39 is 11.9 Å². The van der Waals surface area contributed by atoms with Crippen molar-refractivity contribution < 1.29 is 9.90 Å². The number of hydrogen-bond donors (Lipinski definition) is 3. The van der Waals surface area contributed by atoms with Crippen LogP contribution in [0.15, 0.2) is 66.9 Å². The van der Waals surface area contributed by atoms with Crippen LogP contribution in [0.25, 0.3) is 11.1 Å². The van der Waals surface area contributed by atoms with Crippen molar-refractivity contribution in [3.63, 3.8) is 0 Å². The first-order valence-corrected chi connectivity index (χ1v) is 8.03. The average molecular weight is 345 g/mol. The molecule has 1 atom stereocenters. The van der Waals surface area contributed by atoms with Crippen LogP contribution in [-0.4, -0.2) is 36.7 Å². The summed E-state index contributed by atoms with van der Waals surface area (Å²) in [5.41, 5.74) is 3.81. The predicted octanol–water partition coefficient (Wildman–Crippen LogP) is 3.07. The van der Waals surface area contributed by atoms with Gasteiger partial charge in [0, 0.05) is 6.20 Å². The Morgan fingerprint density at radius 1 is 0.962 bits per heavy atom. The Morgan fingerprint density at radius 2 is 1.69 bits per heavy atom. The van der Waals surface area contributed by atoms with E-state index in [1.54, 1.807) is 12.3 Å². The Hall–Kier alpha value is -3.74. The third kappa shape index (κ3) is 2.86. The second-order valence-corrected chi connectivity index (χ2v) is 5.82. The van der Waals surface area contributed by atoms with Crippen molar-refractivity contribution in [3.8, 4) is 11.1 Å². The summed E-state index contributed by atoms with van der Waals surface area (Å²) in [6, 6.07) is 19.7. The molecule has 0 amide bonds. The zero-order valence-corrected chi connectivity index (χ0v) is 13.6. The van der Waals surface area contributed by atoms with E-state index in [2.05, 4.69) is 25.6 Å². The highest BCUT2D eigenvalue weighted by Crippen LogP contribution is 2.32. The Labute approximate surface area is 148 Å². The maximum Gasteiger partial charge on any atom is 0.352 e. The van der Waals surface area contributed by atoms with Crippen LogP contribution in [0.5, 0.6) is 0 Å². The minimum absolute atomic E-state index is 0.124. The Morgan fingerprint density at radius 3 is 2.35 bits per heavy atom. The molecule has 0 saturated heterocycles. The molecule has 0 saturated carbocycles. The molecule has 2 aromatic heterocycles. The van der Waals surface area contributed by atoms with E-state index in [4.69, 9.17) is 0 Å². The highest BCUT2D eigenvalue weighted by atomic mass is 16.4. The molecule has 128 valence electrons. The zero-order chi connectivity index (χ0) is 17.9. The second kappa shape index (κ2) is 6.64. The fourth-order valence-electron chi connectivity index (χ4n) is 3.08. The fourth-order valence-corrected chi connectivity index (χ4v) is 3.08. The van der Waals surface area contributed by atoms with E-state index in [0.29, 0.717) is 11.4 Å². The topological polar surface area (TPSA) is 108 Å². The molecule has 7 nitrogen and oxygen atoms in total. The molecule has 2 heterocycles. The average Bonchev–Trinajstić information content (AvgIpc) is 3.36. The minimum atomic E-state index is -1.02. The maximum absolute atomic E-state index is 11.5. The molecule has 1 unspecified atom stereocenters. The van der Waals surface area contributed by atoms with Crippen molar-refractivity contribution in [3.05, 3.63) is 89.5 Å². The van der Waals surface area contributed by atoms with Gasteiger partial charge in [-0.15, -0.1) is 5.10 Å². The van der Waals surface area contributed by atoms with Gasteiger partial charge in [0.1, 0.15) is 5.69 Å². The minimum Gasteiger partial charge on any atom is -0.477 e. The van der Waals surface area contributed by atoms with Crippen LogP contribution < -0.4 is 0 Å². The number of tetrazole rings is 1. The summed E-state index contributed by atoms with van der Waals surface area (Å²) in [4.78, 5) is 14.3. The standard InChI is InChI=1S/C19H15N5O2/c25-19(26)17-15(10-11-20-17)16(18-21-23-24-22-18)14-8-6-13(7-9-14)12-4-2-1-3-5-12/h1-11,16,20H,(H,25,26)(H,21,22,23,24). The molecule has 2 aromatic carbocycles. The van der Waals surface area contributed by atoms with Crippen molar-refractivity contribution >= 4 is 5.97 Å². The summed E-state index contributed by atoms with van der Waals surface area (Å²) in [5, 5.41) is 23.5. The SMILES string of the molecule is O=C(O)c1[nH]ccc1C(c1ccc(-c2ccccc2)cc1)c1nnn[nH]1. The first-order chi connectivity index (χ1) is 12.7. The van der Waals surface area contributed by atoms with Crippen molar-refractivity contribution in [1.82, 2.24) is 25.6 Å². The maximum atomic E-state index is 11.5. The van der Waals surface area contributed by atoms with Gasteiger partial charge >= 0.3 is 5.97 Å². The lowest BCUT2D eigenvalue weighted by Crippen LogP contribution is -2.10. The number of carboxylic acid groups (broad SMARTS) is 1. The molecule has 26 heavy (non-hydrogen) atoms. The van der Waals surface area contributed by atoms with E-state index in [9.17, 15) is 9.90 Å². The Balaban J connectivity index is 1.78. The first-order valence-electron chi connectivity index (χ1n) is 8.03. The normalized spacial score (nSPS) is 12.0. The third-order valence-electron chi connectivity index (χ3n) is 4.29. The quantitative estimate of drug-likeness (QED) is 0.515. The summed E-state index contributed by atoms with van der Waals surface area (Å²) in [6.07, 6.45) is 1.61. The lowest BCUT2D eigenvalue weighted by molar-refractivity contribution is 0.0690. The molecule has 4 rings (SSSR count). The van der Waals surface area contributed by atoms with Gasteiger partial charge in [0.25, 0.3) is 0 Å². The van der Waals surface area contributed by atoms with Gasteiger partial charge in [0.2, 0.25) is 0 Å². The van der Waals surface area contributed by atoms with Crippen molar-refractivity contribution in [2.45, 2.75) is 5.92 Å². The number of benzene rings is 2. The lowest BCUT2D eigenvalue weighted by atomic mass is 9.89. The molecule has 0 aliphatic rings. The highest BCUT2D eigenvalue weighted by Gasteiger charge is 2.26. The summed E-state index contributed by atoms with van der Waals surface area (Å²) in [5.74, 6) is -0.949. The summed E-state index contributed by atoms with van der Waals surface area (Å²) < 4.78 is 0. The van der Waals surface area contributed by atoms with Gasteiger partial charge in [-0.25, -0.2) is 9.89 Å². The molecule has 3 N–H and O–H groups in total. The van der Waals surface area contributed by atoms with Crippen LogP contribution in [-0.2, 0) is 0 Å². The monoisotopic (exact) mass is 345 g/mol.